The van der Waals surface area contributed by atoms with Crippen molar-refractivity contribution >= 4 is 10.9 Å². The number of hydrogen-bond donors (Lipinski definition) is 1. The summed E-state index contributed by atoms with van der Waals surface area (Å²) in [6.45, 7) is 0. The van der Waals surface area contributed by atoms with Crippen LogP contribution in [0.25, 0.3) is 10.9 Å². The molecule has 0 radical (unpaired) electrons. The van der Waals surface area contributed by atoms with Gasteiger partial charge < -0.3 is 9.72 Å². The zero-order valence-electron chi connectivity index (χ0n) is 7.87. The number of nitrogens with one attached hydrogen (secondary N) is 1. The molecule has 0 spiro atoms. The molecule has 3 nitrogen and oxygen atoms in total. The molecule has 1 heterocycles. The molecule has 0 saturated carbocycles. The molecule has 0 atom stereocenters. The van der Waals surface area contributed by atoms with E-state index >= 15 is 0 Å². The molecule has 0 unspecified atom stereocenters. The highest BCUT2D eigenvalue weighted by Crippen LogP contribution is 2.26. The first kappa shape index (κ1) is 8.64. The van der Waals surface area contributed by atoms with Gasteiger partial charge in [-0.05, 0) is 11.6 Å². The third-order valence-electron chi connectivity index (χ3n) is 2.25. The molecule has 1 aromatic carbocycles. The minimum Gasteiger partial charge on any atom is -0.495 e. The van der Waals surface area contributed by atoms with Crippen molar-refractivity contribution < 1.29 is 4.74 Å². The van der Waals surface area contributed by atoms with E-state index < -0.39 is 0 Å². The smallest absolute Gasteiger partial charge is 0.142 e. The first-order chi connectivity index (χ1) is 6.86. The average molecular weight is 186 g/mol. The van der Waals surface area contributed by atoms with Gasteiger partial charge in [-0.3, -0.25) is 0 Å². The Morgan fingerprint density at radius 3 is 3.07 bits per heavy atom. The molecule has 1 N–H and O–H groups in total. The molecule has 0 aliphatic heterocycles. The van der Waals surface area contributed by atoms with Crippen LogP contribution in [0.3, 0.4) is 0 Å². The highest BCUT2D eigenvalue weighted by Gasteiger charge is 2.06. The first-order valence-electron chi connectivity index (χ1n) is 4.36. The molecule has 14 heavy (non-hydrogen) atoms. The van der Waals surface area contributed by atoms with Crippen LogP contribution in [0.1, 0.15) is 5.56 Å². The first-order valence-corrected chi connectivity index (χ1v) is 4.36. The summed E-state index contributed by atoms with van der Waals surface area (Å²) in [6, 6.07) is 7.95. The van der Waals surface area contributed by atoms with E-state index in [2.05, 4.69) is 11.1 Å². The zero-order valence-corrected chi connectivity index (χ0v) is 7.87. The SMILES string of the molecule is COc1cccc2c(CC#N)c[nH]c12. The number of H-pyrrole nitrogens is 1. The minimum absolute atomic E-state index is 0.424. The Labute approximate surface area is 81.9 Å². The second-order valence-corrected chi connectivity index (χ2v) is 3.03. The average Bonchev–Trinajstić information content (AvgIpc) is 2.62. The van der Waals surface area contributed by atoms with Crippen LogP contribution in [0.5, 0.6) is 5.75 Å². The molecule has 0 fully saturated rings. The summed E-state index contributed by atoms with van der Waals surface area (Å²) in [6.07, 6.45) is 2.28. The van der Waals surface area contributed by atoms with E-state index in [1.807, 2.05) is 24.4 Å². The number of aromatic amines is 1. The minimum atomic E-state index is 0.424. The molecule has 0 aliphatic carbocycles. The van der Waals surface area contributed by atoms with Crippen LogP contribution in [0.2, 0.25) is 0 Å². The van der Waals surface area contributed by atoms with E-state index in [1.54, 1.807) is 7.11 Å². The number of nitrogens with zero attached hydrogens (tertiary/aromatic N) is 1. The van der Waals surface area contributed by atoms with Gasteiger partial charge >= 0.3 is 0 Å². The van der Waals surface area contributed by atoms with Gasteiger partial charge in [-0.25, -0.2) is 0 Å². The van der Waals surface area contributed by atoms with Crippen LogP contribution < -0.4 is 4.74 Å². The summed E-state index contributed by atoms with van der Waals surface area (Å²) in [5.41, 5.74) is 1.97. The zero-order chi connectivity index (χ0) is 9.97. The lowest BCUT2D eigenvalue weighted by atomic mass is 10.1. The summed E-state index contributed by atoms with van der Waals surface area (Å²) < 4.78 is 5.20. The second-order valence-electron chi connectivity index (χ2n) is 3.03. The van der Waals surface area contributed by atoms with Crippen molar-refractivity contribution in [3.05, 3.63) is 30.0 Å². The molecule has 0 aliphatic rings. The van der Waals surface area contributed by atoms with Crippen molar-refractivity contribution in [1.29, 1.82) is 5.26 Å². The Kier molecular flexibility index (Phi) is 2.11. The van der Waals surface area contributed by atoms with Crippen molar-refractivity contribution in [3.8, 4) is 11.8 Å². The van der Waals surface area contributed by atoms with Crippen molar-refractivity contribution in [2.24, 2.45) is 0 Å². The van der Waals surface area contributed by atoms with E-state index in [9.17, 15) is 0 Å². The van der Waals surface area contributed by atoms with Gasteiger partial charge in [0.2, 0.25) is 0 Å². The highest BCUT2D eigenvalue weighted by molar-refractivity contribution is 5.88. The summed E-state index contributed by atoms with van der Waals surface area (Å²) in [7, 11) is 1.64. The highest BCUT2D eigenvalue weighted by atomic mass is 16.5. The van der Waals surface area contributed by atoms with Gasteiger partial charge in [0.1, 0.15) is 5.75 Å². The van der Waals surface area contributed by atoms with E-state index in [1.165, 1.54) is 0 Å². The maximum Gasteiger partial charge on any atom is 0.142 e. The van der Waals surface area contributed by atoms with E-state index in [4.69, 9.17) is 10.00 Å². The molecule has 0 bridgehead atoms. The Morgan fingerprint density at radius 2 is 2.36 bits per heavy atom. The van der Waals surface area contributed by atoms with Gasteiger partial charge in [0.05, 0.1) is 25.1 Å². The maximum absolute atomic E-state index is 8.63. The van der Waals surface area contributed by atoms with Crippen molar-refractivity contribution in [2.45, 2.75) is 6.42 Å². The third-order valence-corrected chi connectivity index (χ3v) is 2.25. The van der Waals surface area contributed by atoms with Crippen LogP contribution in [0.15, 0.2) is 24.4 Å². The number of aromatic nitrogens is 1. The quantitative estimate of drug-likeness (QED) is 0.781. The Morgan fingerprint density at radius 1 is 1.50 bits per heavy atom. The lowest BCUT2D eigenvalue weighted by Crippen LogP contribution is -1.83. The van der Waals surface area contributed by atoms with Gasteiger partial charge in [0.15, 0.2) is 0 Å². The van der Waals surface area contributed by atoms with Gasteiger partial charge in [0.25, 0.3) is 0 Å². The number of rotatable bonds is 2. The van der Waals surface area contributed by atoms with Crippen LogP contribution in [0, 0.1) is 11.3 Å². The fourth-order valence-corrected chi connectivity index (χ4v) is 1.59. The predicted octanol–water partition coefficient (Wildman–Crippen LogP) is 2.24. The van der Waals surface area contributed by atoms with E-state index in [0.717, 1.165) is 22.2 Å². The van der Waals surface area contributed by atoms with Crippen molar-refractivity contribution in [2.75, 3.05) is 7.11 Å². The van der Waals surface area contributed by atoms with E-state index in [0.29, 0.717) is 6.42 Å². The molecule has 0 saturated heterocycles. The van der Waals surface area contributed by atoms with Crippen molar-refractivity contribution in [1.82, 2.24) is 4.98 Å². The predicted molar refractivity (Wildman–Crippen MR) is 54.2 cm³/mol. The van der Waals surface area contributed by atoms with Gasteiger partial charge in [-0.2, -0.15) is 5.26 Å². The Hall–Kier alpha value is -1.95. The third kappa shape index (κ3) is 1.21. The number of nitriles is 1. The molecular formula is C11H10N2O. The van der Waals surface area contributed by atoms with Gasteiger partial charge in [-0.1, -0.05) is 12.1 Å². The van der Waals surface area contributed by atoms with Crippen molar-refractivity contribution in [3.63, 3.8) is 0 Å². The number of methoxy groups -OCH3 is 1. The number of ether oxygens (including phenoxy) is 1. The molecule has 0 amide bonds. The number of hydrogen-bond acceptors (Lipinski definition) is 2. The molecule has 2 aromatic rings. The number of benzene rings is 1. The second kappa shape index (κ2) is 3.43. The molecule has 2 rings (SSSR count). The summed E-state index contributed by atoms with van der Waals surface area (Å²) in [5.74, 6) is 0.812. The Balaban J connectivity index is 2.64. The summed E-state index contributed by atoms with van der Waals surface area (Å²) in [4.78, 5) is 3.12. The maximum atomic E-state index is 8.63. The van der Waals surface area contributed by atoms with E-state index in [-0.39, 0.29) is 0 Å². The van der Waals surface area contributed by atoms with Crippen LogP contribution in [-0.2, 0) is 6.42 Å². The van der Waals surface area contributed by atoms with Crippen LogP contribution in [-0.4, -0.2) is 12.1 Å². The molecule has 1 aromatic heterocycles. The van der Waals surface area contributed by atoms with Gasteiger partial charge in [-0.15, -0.1) is 0 Å². The topological polar surface area (TPSA) is 48.8 Å². The molecule has 3 heteroatoms. The lowest BCUT2D eigenvalue weighted by molar-refractivity contribution is 0.419. The summed E-state index contributed by atoms with van der Waals surface area (Å²) >= 11 is 0. The fourth-order valence-electron chi connectivity index (χ4n) is 1.59. The van der Waals surface area contributed by atoms with Gasteiger partial charge in [0, 0.05) is 11.6 Å². The number of fused-ring (bicyclic) bond motifs is 1. The standard InChI is InChI=1S/C11H10N2O/c1-14-10-4-2-3-9-8(5-6-12)7-13-11(9)10/h2-4,7,13H,5H2,1H3. The normalized spacial score (nSPS) is 10.0. The monoisotopic (exact) mass is 186 g/mol. The largest absolute Gasteiger partial charge is 0.495 e. The van der Waals surface area contributed by atoms with Crippen LogP contribution in [0.4, 0.5) is 0 Å². The lowest BCUT2D eigenvalue weighted by Gasteiger charge is -2.00. The number of para-hydroxylation sites is 1. The Bertz CT molecular complexity index is 493. The molecular weight excluding hydrogens is 176 g/mol. The fraction of sp³-hybridized carbons (Fsp3) is 0.182. The summed E-state index contributed by atoms with van der Waals surface area (Å²) in [5, 5.41) is 9.69. The van der Waals surface area contributed by atoms with Crippen LogP contribution >= 0.6 is 0 Å². The molecule has 70 valence electrons.